The monoisotopic (exact) mass is 278 g/mol. The van der Waals surface area contributed by atoms with Gasteiger partial charge in [0.1, 0.15) is 0 Å². The summed E-state index contributed by atoms with van der Waals surface area (Å²) in [5, 5.41) is 1.21. The average molecular weight is 278 g/mol. The molecule has 0 amide bonds. The molecule has 3 aromatic rings. The number of hydrogen-bond acceptors (Lipinski definition) is 2. The van der Waals surface area contributed by atoms with Crippen LogP contribution in [0.2, 0.25) is 0 Å². The van der Waals surface area contributed by atoms with Gasteiger partial charge in [-0.05, 0) is 43.2 Å². The van der Waals surface area contributed by atoms with Crippen LogP contribution in [0.5, 0.6) is 0 Å². The van der Waals surface area contributed by atoms with Gasteiger partial charge in [0, 0.05) is 22.4 Å². The number of hydrogen-bond donors (Lipinski definition) is 2. The second kappa shape index (κ2) is 3.77. The van der Waals surface area contributed by atoms with Gasteiger partial charge in [-0.3, -0.25) is 0 Å². The Balaban J connectivity index is 1.58. The maximum Gasteiger partial charge on any atom is 0.0957 e. The highest BCUT2D eigenvalue weighted by atomic mass is 15.2. The minimum atomic E-state index is -0.164. The molecular weight excluding hydrogens is 260 g/mol. The molecule has 0 saturated heterocycles. The molecule has 0 bridgehead atoms. The average Bonchev–Trinajstić information content (AvgIpc) is 2.89. The van der Waals surface area contributed by atoms with Gasteiger partial charge in [0.25, 0.3) is 0 Å². The zero-order valence-corrected chi connectivity index (χ0v) is 11.8. The lowest BCUT2D eigenvalue weighted by Crippen LogP contribution is -2.15. The van der Waals surface area contributed by atoms with E-state index < -0.39 is 0 Å². The third kappa shape index (κ3) is 1.51. The van der Waals surface area contributed by atoms with Crippen molar-refractivity contribution in [2.75, 3.05) is 0 Å². The van der Waals surface area contributed by atoms with Gasteiger partial charge in [0.15, 0.2) is 0 Å². The minimum absolute atomic E-state index is 0.164. The molecule has 5 rings (SSSR count). The SMILES string of the molecule is NC(c1cc2ccccc2[nH]1)c1ncn2c1CCC21CC1. The molecule has 1 aliphatic heterocycles. The molecular formula is C17H18N4. The predicted molar refractivity (Wildman–Crippen MR) is 82.1 cm³/mol. The number of benzene rings is 1. The van der Waals surface area contributed by atoms with Crippen LogP contribution in [-0.4, -0.2) is 14.5 Å². The van der Waals surface area contributed by atoms with E-state index in [0.717, 1.165) is 23.3 Å². The lowest BCUT2D eigenvalue weighted by atomic mass is 10.1. The van der Waals surface area contributed by atoms with Gasteiger partial charge < -0.3 is 15.3 Å². The fourth-order valence-electron chi connectivity index (χ4n) is 3.82. The summed E-state index contributed by atoms with van der Waals surface area (Å²) < 4.78 is 2.39. The molecule has 3 N–H and O–H groups in total. The maximum absolute atomic E-state index is 6.50. The number of H-pyrrole nitrogens is 1. The largest absolute Gasteiger partial charge is 0.357 e. The van der Waals surface area contributed by atoms with E-state index in [9.17, 15) is 0 Å². The molecule has 2 aliphatic rings. The summed E-state index contributed by atoms with van der Waals surface area (Å²) in [5.74, 6) is 0. The Morgan fingerprint density at radius 2 is 2.10 bits per heavy atom. The fourth-order valence-corrected chi connectivity index (χ4v) is 3.82. The fraction of sp³-hybridized carbons (Fsp3) is 0.353. The summed E-state index contributed by atoms with van der Waals surface area (Å²) in [6.45, 7) is 0. The van der Waals surface area contributed by atoms with Crippen molar-refractivity contribution in [2.45, 2.75) is 37.3 Å². The van der Waals surface area contributed by atoms with Crippen molar-refractivity contribution >= 4 is 10.9 Å². The van der Waals surface area contributed by atoms with Crippen molar-refractivity contribution in [3.05, 3.63) is 53.7 Å². The molecule has 21 heavy (non-hydrogen) atoms. The summed E-state index contributed by atoms with van der Waals surface area (Å²) in [7, 11) is 0. The zero-order chi connectivity index (χ0) is 14.0. The summed E-state index contributed by atoms with van der Waals surface area (Å²) in [6, 6.07) is 10.3. The molecule has 0 radical (unpaired) electrons. The van der Waals surface area contributed by atoms with E-state index in [2.05, 4.69) is 38.8 Å². The normalized spacial score (nSPS) is 20.0. The minimum Gasteiger partial charge on any atom is -0.357 e. The van der Waals surface area contributed by atoms with Gasteiger partial charge in [0.2, 0.25) is 0 Å². The molecule has 1 spiro atoms. The van der Waals surface area contributed by atoms with Crippen molar-refractivity contribution in [3.63, 3.8) is 0 Å². The van der Waals surface area contributed by atoms with Gasteiger partial charge >= 0.3 is 0 Å². The van der Waals surface area contributed by atoms with Crippen LogP contribution in [0.15, 0.2) is 36.7 Å². The van der Waals surface area contributed by atoms with Gasteiger partial charge in [-0.1, -0.05) is 18.2 Å². The first kappa shape index (κ1) is 11.6. The van der Waals surface area contributed by atoms with Gasteiger partial charge in [-0.2, -0.15) is 0 Å². The standard InChI is InChI=1S/C17H18N4/c18-15(13-9-11-3-1-2-4-12(11)20-13)16-14-5-6-17(7-8-17)21(14)10-19-16/h1-4,9-10,15,20H,5-8,18H2. The lowest BCUT2D eigenvalue weighted by Gasteiger charge is -2.10. The van der Waals surface area contributed by atoms with E-state index in [4.69, 9.17) is 5.73 Å². The molecule has 3 heterocycles. The second-order valence-electron chi connectivity index (χ2n) is 6.46. The number of aromatic amines is 1. The molecule has 2 aromatic heterocycles. The molecule has 1 fully saturated rings. The molecule has 1 saturated carbocycles. The molecule has 1 aromatic carbocycles. The van der Waals surface area contributed by atoms with Crippen molar-refractivity contribution < 1.29 is 0 Å². The Kier molecular flexibility index (Phi) is 2.08. The molecule has 4 nitrogen and oxygen atoms in total. The Labute approximate surface area is 123 Å². The second-order valence-corrected chi connectivity index (χ2v) is 6.46. The van der Waals surface area contributed by atoms with Crippen LogP contribution in [0, 0.1) is 0 Å². The summed E-state index contributed by atoms with van der Waals surface area (Å²) in [4.78, 5) is 8.07. The van der Waals surface area contributed by atoms with E-state index in [0.29, 0.717) is 5.54 Å². The quantitative estimate of drug-likeness (QED) is 0.757. The number of nitrogens with zero attached hydrogens (tertiary/aromatic N) is 2. The summed E-state index contributed by atoms with van der Waals surface area (Å²) >= 11 is 0. The van der Waals surface area contributed by atoms with E-state index in [-0.39, 0.29) is 6.04 Å². The Bertz CT molecular complexity index is 804. The third-order valence-corrected chi connectivity index (χ3v) is 5.24. The van der Waals surface area contributed by atoms with Crippen molar-refractivity contribution in [1.29, 1.82) is 0 Å². The number of imidazole rings is 1. The van der Waals surface area contributed by atoms with Gasteiger partial charge in [0.05, 0.1) is 18.1 Å². The summed E-state index contributed by atoms with van der Waals surface area (Å²) in [5.41, 5.74) is 11.5. The molecule has 1 atom stereocenters. The topological polar surface area (TPSA) is 59.6 Å². The van der Waals surface area contributed by atoms with E-state index in [1.807, 2.05) is 12.4 Å². The highest BCUT2D eigenvalue weighted by molar-refractivity contribution is 5.80. The Morgan fingerprint density at radius 3 is 2.90 bits per heavy atom. The highest BCUT2D eigenvalue weighted by Gasteiger charge is 2.49. The van der Waals surface area contributed by atoms with E-state index in [1.165, 1.54) is 30.3 Å². The van der Waals surface area contributed by atoms with Crippen LogP contribution < -0.4 is 5.73 Å². The van der Waals surface area contributed by atoms with Crippen LogP contribution in [0.3, 0.4) is 0 Å². The van der Waals surface area contributed by atoms with E-state index >= 15 is 0 Å². The van der Waals surface area contributed by atoms with Crippen LogP contribution >= 0.6 is 0 Å². The Hall–Kier alpha value is -2.07. The predicted octanol–water partition coefficient (Wildman–Crippen LogP) is 2.85. The number of para-hydroxylation sites is 1. The first-order valence-corrected chi connectivity index (χ1v) is 7.67. The first-order valence-electron chi connectivity index (χ1n) is 7.67. The molecule has 106 valence electrons. The highest BCUT2D eigenvalue weighted by Crippen LogP contribution is 2.52. The first-order chi connectivity index (χ1) is 10.3. The van der Waals surface area contributed by atoms with E-state index in [1.54, 1.807) is 0 Å². The number of nitrogens with two attached hydrogens (primary N) is 1. The van der Waals surface area contributed by atoms with Crippen molar-refractivity contribution in [3.8, 4) is 0 Å². The number of fused-ring (bicyclic) bond motifs is 3. The van der Waals surface area contributed by atoms with Crippen molar-refractivity contribution in [1.82, 2.24) is 14.5 Å². The van der Waals surface area contributed by atoms with Crippen LogP contribution in [0.25, 0.3) is 10.9 Å². The number of nitrogens with one attached hydrogen (secondary N) is 1. The number of aromatic nitrogens is 3. The third-order valence-electron chi connectivity index (χ3n) is 5.24. The van der Waals surface area contributed by atoms with Gasteiger partial charge in [-0.25, -0.2) is 4.98 Å². The molecule has 4 heteroatoms. The maximum atomic E-state index is 6.50. The number of rotatable bonds is 2. The van der Waals surface area contributed by atoms with Crippen molar-refractivity contribution in [2.24, 2.45) is 5.73 Å². The van der Waals surface area contributed by atoms with Crippen LogP contribution in [0.4, 0.5) is 0 Å². The zero-order valence-electron chi connectivity index (χ0n) is 11.8. The van der Waals surface area contributed by atoms with Gasteiger partial charge in [-0.15, -0.1) is 0 Å². The lowest BCUT2D eigenvalue weighted by molar-refractivity contribution is 0.507. The van der Waals surface area contributed by atoms with Crippen LogP contribution in [-0.2, 0) is 12.0 Å². The molecule has 1 aliphatic carbocycles. The molecule has 1 unspecified atom stereocenters. The Morgan fingerprint density at radius 1 is 1.24 bits per heavy atom. The van der Waals surface area contributed by atoms with Crippen LogP contribution in [0.1, 0.15) is 42.4 Å². The smallest absolute Gasteiger partial charge is 0.0957 e. The summed E-state index contributed by atoms with van der Waals surface area (Å²) in [6.07, 6.45) is 6.99.